The standard InChI is InChI=1S/C16H16ClNO4/c17-15-4-2-1-3-14(15)16(20)9-12(10-19)11-5-7-13(8-6-11)18(21)22/h1-8,12,16,19-20H,9-10H2. The largest absolute Gasteiger partial charge is 0.396 e. The van der Waals surface area contributed by atoms with Crippen LogP contribution in [-0.4, -0.2) is 21.7 Å². The Kier molecular flexibility index (Phi) is 5.49. The van der Waals surface area contributed by atoms with Crippen molar-refractivity contribution in [3.8, 4) is 0 Å². The molecule has 0 radical (unpaired) electrons. The highest BCUT2D eigenvalue weighted by Crippen LogP contribution is 2.32. The highest BCUT2D eigenvalue weighted by atomic mass is 35.5. The molecule has 0 spiro atoms. The van der Waals surface area contributed by atoms with E-state index in [0.29, 0.717) is 10.6 Å². The summed E-state index contributed by atoms with van der Waals surface area (Å²) in [5.41, 5.74) is 1.33. The third-order valence-electron chi connectivity index (χ3n) is 3.57. The molecular weight excluding hydrogens is 306 g/mol. The Bertz CT molecular complexity index is 645. The van der Waals surface area contributed by atoms with E-state index in [0.717, 1.165) is 5.56 Å². The van der Waals surface area contributed by atoms with Gasteiger partial charge in [0.05, 0.1) is 17.6 Å². The Morgan fingerprint density at radius 3 is 2.32 bits per heavy atom. The summed E-state index contributed by atoms with van der Waals surface area (Å²) in [6, 6.07) is 13.0. The molecule has 0 saturated heterocycles. The van der Waals surface area contributed by atoms with E-state index < -0.39 is 11.0 Å². The molecule has 5 nitrogen and oxygen atoms in total. The summed E-state index contributed by atoms with van der Waals surface area (Å²) in [7, 11) is 0. The van der Waals surface area contributed by atoms with Crippen LogP contribution in [0.3, 0.4) is 0 Å². The zero-order valence-electron chi connectivity index (χ0n) is 11.7. The van der Waals surface area contributed by atoms with Gasteiger partial charge in [0.1, 0.15) is 0 Å². The molecule has 0 aliphatic carbocycles. The fourth-order valence-corrected chi connectivity index (χ4v) is 2.59. The minimum absolute atomic E-state index is 0.00732. The second-order valence-electron chi connectivity index (χ2n) is 5.00. The summed E-state index contributed by atoms with van der Waals surface area (Å²) in [4.78, 5) is 10.2. The molecule has 22 heavy (non-hydrogen) atoms. The normalized spacial score (nSPS) is 13.6. The first-order chi connectivity index (χ1) is 10.5. The van der Waals surface area contributed by atoms with Crippen LogP contribution >= 0.6 is 11.6 Å². The number of nitrogens with zero attached hydrogens (tertiary/aromatic N) is 1. The number of non-ortho nitro benzene ring substituents is 1. The van der Waals surface area contributed by atoms with Crippen LogP contribution in [0.1, 0.15) is 29.6 Å². The van der Waals surface area contributed by atoms with Crippen molar-refractivity contribution in [1.29, 1.82) is 0 Å². The SMILES string of the molecule is O=[N+]([O-])c1ccc(C(CO)CC(O)c2ccccc2Cl)cc1. The number of rotatable bonds is 6. The van der Waals surface area contributed by atoms with E-state index in [1.165, 1.54) is 12.1 Å². The van der Waals surface area contributed by atoms with Gasteiger partial charge in [-0.25, -0.2) is 0 Å². The predicted molar refractivity (Wildman–Crippen MR) is 84.0 cm³/mol. The summed E-state index contributed by atoms with van der Waals surface area (Å²) in [5, 5.41) is 31.0. The van der Waals surface area contributed by atoms with Gasteiger partial charge in [0.25, 0.3) is 5.69 Å². The fourth-order valence-electron chi connectivity index (χ4n) is 2.33. The van der Waals surface area contributed by atoms with Crippen LogP contribution < -0.4 is 0 Å². The fraction of sp³-hybridized carbons (Fsp3) is 0.250. The maximum absolute atomic E-state index is 10.7. The molecule has 0 saturated carbocycles. The lowest BCUT2D eigenvalue weighted by Crippen LogP contribution is -2.10. The maximum Gasteiger partial charge on any atom is 0.269 e. The molecule has 6 heteroatoms. The zero-order valence-corrected chi connectivity index (χ0v) is 12.5. The smallest absolute Gasteiger partial charge is 0.269 e. The van der Waals surface area contributed by atoms with Crippen molar-refractivity contribution in [1.82, 2.24) is 0 Å². The molecule has 0 fully saturated rings. The molecule has 0 heterocycles. The van der Waals surface area contributed by atoms with Crippen molar-refractivity contribution in [2.75, 3.05) is 6.61 Å². The molecule has 0 aromatic heterocycles. The number of halogens is 1. The first-order valence-corrected chi connectivity index (χ1v) is 7.18. The maximum atomic E-state index is 10.7. The Hall–Kier alpha value is -1.95. The highest BCUT2D eigenvalue weighted by Gasteiger charge is 2.19. The summed E-state index contributed by atoms with van der Waals surface area (Å²) < 4.78 is 0. The van der Waals surface area contributed by atoms with E-state index >= 15 is 0 Å². The zero-order chi connectivity index (χ0) is 16.1. The summed E-state index contributed by atoms with van der Waals surface area (Å²) in [6.07, 6.45) is -0.543. The first kappa shape index (κ1) is 16.4. The summed E-state index contributed by atoms with van der Waals surface area (Å²) >= 11 is 6.05. The van der Waals surface area contributed by atoms with Gasteiger partial charge in [-0.1, -0.05) is 41.9 Å². The minimum atomic E-state index is -0.818. The Labute approximate surface area is 132 Å². The second kappa shape index (κ2) is 7.35. The van der Waals surface area contributed by atoms with Crippen LogP contribution in [0.15, 0.2) is 48.5 Å². The quantitative estimate of drug-likeness (QED) is 0.630. The molecule has 0 bridgehead atoms. The van der Waals surface area contributed by atoms with Gasteiger partial charge in [-0.2, -0.15) is 0 Å². The number of hydrogen-bond acceptors (Lipinski definition) is 4. The lowest BCUT2D eigenvalue weighted by Gasteiger charge is -2.19. The van der Waals surface area contributed by atoms with Crippen LogP contribution in [0.25, 0.3) is 0 Å². The van der Waals surface area contributed by atoms with Gasteiger partial charge < -0.3 is 10.2 Å². The molecule has 2 rings (SSSR count). The molecule has 2 aromatic rings. The van der Waals surface area contributed by atoms with Crippen LogP contribution in [0, 0.1) is 10.1 Å². The Morgan fingerprint density at radius 2 is 1.77 bits per heavy atom. The molecule has 116 valence electrons. The van der Waals surface area contributed by atoms with Crippen LogP contribution in [0.2, 0.25) is 5.02 Å². The number of hydrogen-bond donors (Lipinski definition) is 2. The van der Waals surface area contributed by atoms with Crippen molar-refractivity contribution in [2.24, 2.45) is 0 Å². The van der Waals surface area contributed by atoms with E-state index in [9.17, 15) is 20.3 Å². The molecule has 2 N–H and O–H groups in total. The van der Waals surface area contributed by atoms with Gasteiger partial charge in [-0.05, 0) is 23.6 Å². The van der Waals surface area contributed by atoms with E-state index in [4.69, 9.17) is 11.6 Å². The summed E-state index contributed by atoms with van der Waals surface area (Å²) in [6.45, 7) is -0.167. The molecule has 2 unspecified atom stereocenters. The van der Waals surface area contributed by atoms with Crippen LogP contribution in [-0.2, 0) is 0 Å². The molecule has 0 aliphatic heterocycles. The van der Waals surface area contributed by atoms with Gasteiger partial charge >= 0.3 is 0 Å². The number of nitro groups is 1. The minimum Gasteiger partial charge on any atom is -0.396 e. The van der Waals surface area contributed by atoms with Crippen LogP contribution in [0.5, 0.6) is 0 Å². The molecule has 2 atom stereocenters. The van der Waals surface area contributed by atoms with Crippen molar-refractivity contribution >= 4 is 17.3 Å². The van der Waals surface area contributed by atoms with Gasteiger partial charge in [-0.3, -0.25) is 10.1 Å². The van der Waals surface area contributed by atoms with Crippen molar-refractivity contribution in [3.63, 3.8) is 0 Å². The van der Waals surface area contributed by atoms with E-state index in [1.54, 1.807) is 36.4 Å². The molecule has 0 amide bonds. The lowest BCUT2D eigenvalue weighted by molar-refractivity contribution is -0.384. The van der Waals surface area contributed by atoms with Gasteiger partial charge in [0.15, 0.2) is 0 Å². The monoisotopic (exact) mass is 321 g/mol. The highest BCUT2D eigenvalue weighted by molar-refractivity contribution is 6.31. The number of nitro benzene ring substituents is 1. The van der Waals surface area contributed by atoms with E-state index in [2.05, 4.69) is 0 Å². The summed E-state index contributed by atoms with van der Waals surface area (Å²) in [5.74, 6) is -0.327. The van der Waals surface area contributed by atoms with Crippen molar-refractivity contribution in [3.05, 3.63) is 74.8 Å². The topological polar surface area (TPSA) is 83.6 Å². The number of aliphatic hydroxyl groups excluding tert-OH is 2. The first-order valence-electron chi connectivity index (χ1n) is 6.80. The molecular formula is C16H16ClNO4. The lowest BCUT2D eigenvalue weighted by atomic mass is 9.91. The van der Waals surface area contributed by atoms with Gasteiger partial charge in [0, 0.05) is 23.1 Å². The number of aliphatic hydroxyl groups is 2. The van der Waals surface area contributed by atoms with Crippen molar-refractivity contribution in [2.45, 2.75) is 18.4 Å². The van der Waals surface area contributed by atoms with Crippen LogP contribution in [0.4, 0.5) is 5.69 Å². The third-order valence-corrected chi connectivity index (χ3v) is 3.91. The van der Waals surface area contributed by atoms with E-state index in [-0.39, 0.29) is 24.6 Å². The molecule has 0 aliphatic rings. The van der Waals surface area contributed by atoms with Gasteiger partial charge in [0.2, 0.25) is 0 Å². The predicted octanol–water partition coefficient (Wildman–Crippen LogP) is 3.45. The van der Waals surface area contributed by atoms with Gasteiger partial charge in [-0.15, -0.1) is 0 Å². The Balaban J connectivity index is 2.15. The average molecular weight is 322 g/mol. The third kappa shape index (κ3) is 3.82. The Morgan fingerprint density at radius 1 is 1.14 bits per heavy atom. The van der Waals surface area contributed by atoms with Crippen molar-refractivity contribution < 1.29 is 15.1 Å². The average Bonchev–Trinajstić information content (AvgIpc) is 2.53. The number of benzene rings is 2. The van der Waals surface area contributed by atoms with E-state index in [1.807, 2.05) is 0 Å². The molecule has 2 aromatic carbocycles. The second-order valence-corrected chi connectivity index (χ2v) is 5.41.